The first-order valence-corrected chi connectivity index (χ1v) is 12.9. The molecule has 2 aliphatic heterocycles. The number of aromatic nitrogens is 1. The number of nitrogens with zero attached hydrogens (tertiary/aromatic N) is 3. The minimum absolute atomic E-state index is 0.0172. The van der Waals surface area contributed by atoms with Crippen molar-refractivity contribution in [2.24, 2.45) is 0 Å². The molecule has 1 atom stereocenters. The van der Waals surface area contributed by atoms with E-state index in [-0.39, 0.29) is 24.7 Å². The first-order valence-electron chi connectivity index (χ1n) is 12.9. The van der Waals surface area contributed by atoms with E-state index in [4.69, 9.17) is 14.6 Å². The zero-order valence-corrected chi connectivity index (χ0v) is 21.4. The van der Waals surface area contributed by atoms with E-state index in [0.717, 1.165) is 49.3 Å². The van der Waals surface area contributed by atoms with Gasteiger partial charge in [0.2, 0.25) is 5.88 Å². The fraction of sp³-hybridized carbons (Fsp3) is 0.345. The van der Waals surface area contributed by atoms with Crippen LogP contribution in [0.5, 0.6) is 11.6 Å². The number of cyclic esters (lactones) is 1. The zero-order valence-electron chi connectivity index (χ0n) is 21.4. The van der Waals surface area contributed by atoms with Crippen molar-refractivity contribution in [1.82, 2.24) is 14.8 Å². The molecule has 0 saturated carbocycles. The van der Waals surface area contributed by atoms with Gasteiger partial charge in [-0.25, -0.2) is 9.78 Å². The molecule has 2 aliphatic rings. The first-order chi connectivity index (χ1) is 18.5. The number of rotatable bonds is 9. The van der Waals surface area contributed by atoms with Crippen LogP contribution < -0.4 is 10.1 Å². The number of carboxylic acids is 1. The molecule has 198 valence electrons. The molecule has 1 amide bonds. The summed E-state index contributed by atoms with van der Waals surface area (Å²) >= 11 is 0. The van der Waals surface area contributed by atoms with E-state index < -0.39 is 5.97 Å². The Hall–Kier alpha value is -4.11. The quantitative estimate of drug-likeness (QED) is 0.417. The van der Waals surface area contributed by atoms with Crippen LogP contribution >= 0.6 is 0 Å². The number of ether oxygens (including phenoxy) is 2. The summed E-state index contributed by atoms with van der Waals surface area (Å²) < 4.78 is 11.3. The maximum absolute atomic E-state index is 12.6. The molecule has 1 unspecified atom stereocenters. The summed E-state index contributed by atoms with van der Waals surface area (Å²) in [4.78, 5) is 32.2. The summed E-state index contributed by atoms with van der Waals surface area (Å²) in [5, 5.41) is 11.6. The fourth-order valence-electron chi connectivity index (χ4n) is 5.09. The Morgan fingerprint density at radius 2 is 1.82 bits per heavy atom. The Morgan fingerprint density at radius 3 is 2.50 bits per heavy atom. The number of amides is 1. The molecule has 2 fully saturated rings. The van der Waals surface area contributed by atoms with Gasteiger partial charge in [0, 0.05) is 43.1 Å². The van der Waals surface area contributed by atoms with Crippen LogP contribution in [-0.2, 0) is 16.1 Å². The van der Waals surface area contributed by atoms with Gasteiger partial charge in [0.1, 0.15) is 18.9 Å². The van der Waals surface area contributed by atoms with Crippen molar-refractivity contribution in [3.63, 3.8) is 0 Å². The van der Waals surface area contributed by atoms with Crippen LogP contribution in [0.1, 0.15) is 35.7 Å². The summed E-state index contributed by atoms with van der Waals surface area (Å²) in [6, 6.07) is 21.3. The molecule has 5 rings (SSSR count). The Labute approximate surface area is 222 Å². The van der Waals surface area contributed by atoms with Crippen molar-refractivity contribution in [3.8, 4) is 11.6 Å². The lowest BCUT2D eigenvalue weighted by Crippen LogP contribution is -2.46. The molecule has 38 heavy (non-hydrogen) atoms. The number of hydrogen-bond donors (Lipinski definition) is 2. The van der Waals surface area contributed by atoms with E-state index in [9.17, 15) is 9.59 Å². The third-order valence-corrected chi connectivity index (χ3v) is 7.13. The number of nitrogens with one attached hydrogen (secondary N) is 1. The maximum atomic E-state index is 12.6. The van der Waals surface area contributed by atoms with Crippen molar-refractivity contribution in [1.29, 1.82) is 0 Å². The molecule has 1 aromatic heterocycles. The molecular formula is C29H32N4O5. The molecule has 9 nitrogen and oxygen atoms in total. The third kappa shape index (κ3) is 6.06. The van der Waals surface area contributed by atoms with E-state index >= 15 is 0 Å². The Balaban J connectivity index is 1.14. The van der Waals surface area contributed by atoms with E-state index in [2.05, 4.69) is 33.4 Å². The van der Waals surface area contributed by atoms with Crippen LogP contribution in [0.4, 0.5) is 10.5 Å². The Bertz CT molecular complexity index is 1260. The van der Waals surface area contributed by atoms with E-state index in [0.29, 0.717) is 23.9 Å². The first kappa shape index (κ1) is 25.5. The van der Waals surface area contributed by atoms with Gasteiger partial charge in [-0.3, -0.25) is 14.6 Å². The van der Waals surface area contributed by atoms with Crippen LogP contribution in [0.3, 0.4) is 0 Å². The predicted molar refractivity (Wildman–Crippen MR) is 142 cm³/mol. The Kier molecular flexibility index (Phi) is 7.74. The highest BCUT2D eigenvalue weighted by Gasteiger charge is 2.40. The predicted octanol–water partition coefficient (Wildman–Crippen LogP) is 4.84. The second-order valence-electron chi connectivity index (χ2n) is 9.69. The lowest BCUT2D eigenvalue weighted by Gasteiger charge is -2.38. The summed E-state index contributed by atoms with van der Waals surface area (Å²) in [6.07, 6.45) is 1.60. The molecule has 0 spiro atoms. The highest BCUT2D eigenvalue weighted by Crippen LogP contribution is 2.33. The Morgan fingerprint density at radius 1 is 1.08 bits per heavy atom. The standard InChI is InChI=1S/C29H32N4O5/c1-20-22(7-12-27(31-20)38-25-10-8-23(9-11-25)30-17-28(34)35)18-32-15-13-24(14-16-32)33-26(19-37-29(33)36)21-5-3-2-4-6-21/h2-12,24,26,30H,13-19H2,1H3,(H,34,35). The number of aryl methyl sites for hydroxylation is 1. The molecule has 3 heterocycles. The molecule has 0 bridgehead atoms. The second kappa shape index (κ2) is 11.5. The number of benzene rings is 2. The molecule has 0 radical (unpaired) electrons. The van der Waals surface area contributed by atoms with Gasteiger partial charge in [-0.1, -0.05) is 36.4 Å². The van der Waals surface area contributed by atoms with Crippen molar-refractivity contribution < 1.29 is 24.2 Å². The number of piperidine rings is 1. The lowest BCUT2D eigenvalue weighted by molar-refractivity contribution is -0.134. The molecule has 9 heteroatoms. The molecule has 2 N–H and O–H groups in total. The minimum atomic E-state index is -0.914. The van der Waals surface area contributed by atoms with Crippen molar-refractivity contribution >= 4 is 17.7 Å². The number of carbonyl (C=O) groups excluding carboxylic acids is 1. The zero-order chi connectivity index (χ0) is 26.5. The number of anilines is 1. The topological polar surface area (TPSA) is 104 Å². The van der Waals surface area contributed by atoms with Gasteiger partial charge in [0.15, 0.2) is 0 Å². The summed E-state index contributed by atoms with van der Waals surface area (Å²) in [7, 11) is 0. The SMILES string of the molecule is Cc1nc(Oc2ccc(NCC(=O)O)cc2)ccc1CN1CCC(N2C(=O)OCC2c2ccccc2)CC1. The van der Waals surface area contributed by atoms with Gasteiger partial charge in [-0.15, -0.1) is 0 Å². The van der Waals surface area contributed by atoms with Crippen molar-refractivity contribution in [2.45, 2.75) is 38.4 Å². The smallest absolute Gasteiger partial charge is 0.410 e. The van der Waals surface area contributed by atoms with Crippen LogP contribution in [0, 0.1) is 6.92 Å². The minimum Gasteiger partial charge on any atom is -0.480 e. The number of aliphatic carboxylic acids is 1. The number of carboxylic acid groups (broad SMARTS) is 1. The number of likely N-dealkylation sites (tertiary alicyclic amines) is 1. The molecule has 2 saturated heterocycles. The van der Waals surface area contributed by atoms with Crippen LogP contribution in [0.25, 0.3) is 0 Å². The van der Waals surface area contributed by atoms with Crippen LogP contribution in [-0.4, -0.2) is 64.2 Å². The van der Waals surface area contributed by atoms with Gasteiger partial charge in [0.25, 0.3) is 0 Å². The van der Waals surface area contributed by atoms with Gasteiger partial charge in [-0.2, -0.15) is 0 Å². The average molecular weight is 517 g/mol. The number of hydrogen-bond acceptors (Lipinski definition) is 7. The van der Waals surface area contributed by atoms with Crippen LogP contribution in [0.2, 0.25) is 0 Å². The second-order valence-corrected chi connectivity index (χ2v) is 9.69. The fourth-order valence-corrected chi connectivity index (χ4v) is 5.09. The highest BCUT2D eigenvalue weighted by molar-refractivity contribution is 5.72. The molecular weight excluding hydrogens is 484 g/mol. The molecule has 3 aromatic rings. The highest BCUT2D eigenvalue weighted by atomic mass is 16.6. The van der Waals surface area contributed by atoms with E-state index in [1.807, 2.05) is 36.1 Å². The average Bonchev–Trinajstić information content (AvgIpc) is 3.32. The summed E-state index contributed by atoms with van der Waals surface area (Å²) in [5.41, 5.74) is 3.89. The summed E-state index contributed by atoms with van der Waals surface area (Å²) in [5.74, 6) is 0.222. The van der Waals surface area contributed by atoms with Gasteiger partial charge in [-0.05, 0) is 55.2 Å². The van der Waals surface area contributed by atoms with E-state index in [1.54, 1.807) is 24.3 Å². The van der Waals surface area contributed by atoms with Crippen molar-refractivity contribution in [2.75, 3.05) is 31.6 Å². The normalized spacial score (nSPS) is 18.3. The maximum Gasteiger partial charge on any atom is 0.410 e. The van der Waals surface area contributed by atoms with Crippen molar-refractivity contribution in [3.05, 3.63) is 83.6 Å². The van der Waals surface area contributed by atoms with E-state index in [1.165, 1.54) is 0 Å². The van der Waals surface area contributed by atoms with Gasteiger partial charge >= 0.3 is 12.1 Å². The van der Waals surface area contributed by atoms with Crippen LogP contribution in [0.15, 0.2) is 66.7 Å². The molecule has 2 aromatic carbocycles. The molecule has 0 aliphatic carbocycles. The number of pyridine rings is 1. The summed E-state index contributed by atoms with van der Waals surface area (Å²) in [6.45, 7) is 4.85. The van der Waals surface area contributed by atoms with Gasteiger partial charge < -0.3 is 19.9 Å². The lowest BCUT2D eigenvalue weighted by atomic mass is 9.98. The van der Waals surface area contributed by atoms with Gasteiger partial charge in [0.05, 0.1) is 6.04 Å². The third-order valence-electron chi connectivity index (χ3n) is 7.13. The largest absolute Gasteiger partial charge is 0.480 e. The number of carbonyl (C=O) groups is 2. The monoisotopic (exact) mass is 516 g/mol.